The highest BCUT2D eigenvalue weighted by atomic mass is 32.2. The van der Waals surface area contributed by atoms with Crippen LogP contribution in [0.2, 0.25) is 0 Å². The molecule has 0 saturated carbocycles. The van der Waals surface area contributed by atoms with Crippen molar-refractivity contribution in [2.45, 2.75) is 17.4 Å². The average Bonchev–Trinajstić information content (AvgIpc) is 3.21. The Hall–Kier alpha value is -3.96. The van der Waals surface area contributed by atoms with Gasteiger partial charge in [0.15, 0.2) is 5.58 Å². The lowest BCUT2D eigenvalue weighted by Gasteiger charge is -2.37. The number of aryl methyl sites for hydroxylation is 1. The monoisotopic (exact) mass is 521 g/mol. The highest BCUT2D eigenvalue weighted by molar-refractivity contribution is 7.89. The van der Waals surface area contributed by atoms with Crippen LogP contribution >= 0.6 is 0 Å². The number of piperazine rings is 1. The molecule has 2 aromatic heterocycles. The molecule has 0 spiro atoms. The fourth-order valence-corrected chi connectivity index (χ4v) is 5.69. The molecule has 0 aliphatic carbocycles. The molecular weight excluding hydrogens is 494 g/mol. The normalized spacial score (nSPS) is 15.2. The molecule has 2 aromatic carbocycles. The van der Waals surface area contributed by atoms with Crippen LogP contribution in [0.4, 0.5) is 5.82 Å². The van der Waals surface area contributed by atoms with E-state index in [1.807, 2.05) is 48.5 Å². The Bertz CT molecular complexity index is 1560. The average molecular weight is 522 g/mol. The number of hydrogen-bond donors (Lipinski definition) is 1. The molecule has 0 radical (unpaired) electrons. The van der Waals surface area contributed by atoms with Gasteiger partial charge in [-0.05, 0) is 36.2 Å². The summed E-state index contributed by atoms with van der Waals surface area (Å²) in [5, 5.41) is 0. The van der Waals surface area contributed by atoms with Crippen LogP contribution in [-0.4, -0.2) is 61.0 Å². The summed E-state index contributed by atoms with van der Waals surface area (Å²) in [5.41, 5.74) is 1.47. The van der Waals surface area contributed by atoms with E-state index in [1.54, 1.807) is 18.1 Å². The molecular formula is C26H27N5O5S. The fraction of sp³-hybridized carbons (Fsp3) is 0.269. The number of oxazole rings is 1. The summed E-state index contributed by atoms with van der Waals surface area (Å²) < 4.78 is 35.8. The number of fused-ring (bicyclic) bond motifs is 1. The predicted molar refractivity (Wildman–Crippen MR) is 139 cm³/mol. The minimum absolute atomic E-state index is 0.0832. The van der Waals surface area contributed by atoms with Gasteiger partial charge in [0.05, 0.1) is 10.4 Å². The maximum absolute atomic E-state index is 13.6. The third-order valence-electron chi connectivity index (χ3n) is 6.52. The summed E-state index contributed by atoms with van der Waals surface area (Å²) in [6.07, 6.45) is 1.93. The molecule has 10 nitrogen and oxygen atoms in total. The van der Waals surface area contributed by atoms with Crippen molar-refractivity contribution in [1.82, 2.24) is 19.2 Å². The summed E-state index contributed by atoms with van der Waals surface area (Å²) in [4.78, 5) is 33.5. The second kappa shape index (κ2) is 10.2. The van der Waals surface area contributed by atoms with Crippen LogP contribution in [0.5, 0.6) is 0 Å². The van der Waals surface area contributed by atoms with Gasteiger partial charge in [-0.3, -0.25) is 9.36 Å². The van der Waals surface area contributed by atoms with Crippen molar-refractivity contribution in [3.63, 3.8) is 0 Å². The quantitative estimate of drug-likeness (QED) is 0.394. The summed E-state index contributed by atoms with van der Waals surface area (Å²) in [5.74, 6) is -0.0287. The Labute approximate surface area is 214 Å². The van der Waals surface area contributed by atoms with E-state index in [0.29, 0.717) is 31.7 Å². The van der Waals surface area contributed by atoms with Crippen LogP contribution in [0.15, 0.2) is 87.0 Å². The zero-order chi connectivity index (χ0) is 26.0. The first-order chi connectivity index (χ1) is 17.8. The molecule has 4 aromatic rings. The Morgan fingerprint density at radius 2 is 1.76 bits per heavy atom. The molecule has 1 fully saturated rings. The number of hydrogen-bond acceptors (Lipinski definition) is 7. The van der Waals surface area contributed by atoms with Crippen LogP contribution in [0.25, 0.3) is 11.1 Å². The number of nitrogens with one attached hydrogen (secondary N) is 1. The Morgan fingerprint density at radius 1 is 1.03 bits per heavy atom. The summed E-state index contributed by atoms with van der Waals surface area (Å²) in [6.45, 7) is 2.08. The molecule has 3 heterocycles. The molecule has 1 N–H and O–H groups in total. The standard InChI is InChI=1S/C26H27N5O5S/c1-29-22-11-10-20(18-23(22)36-26(29)33)37(34,35)28-21(17-19-7-3-2-4-8-19)25(32)31-15-13-30(14-16-31)24-9-5-6-12-27-24/h2-12,18,21,28H,13-17H2,1H3/t21-/m0/s1. The summed E-state index contributed by atoms with van der Waals surface area (Å²) in [6, 6.07) is 18.2. The minimum atomic E-state index is -4.10. The first-order valence-corrected chi connectivity index (χ1v) is 13.4. The van der Waals surface area contributed by atoms with E-state index in [4.69, 9.17) is 4.42 Å². The van der Waals surface area contributed by atoms with Gasteiger partial charge in [-0.1, -0.05) is 36.4 Å². The van der Waals surface area contributed by atoms with Crippen LogP contribution in [0, 0.1) is 0 Å². The van der Waals surface area contributed by atoms with Crippen LogP contribution in [-0.2, 0) is 28.3 Å². The number of rotatable bonds is 7. The van der Waals surface area contributed by atoms with Crippen LogP contribution in [0.1, 0.15) is 5.56 Å². The SMILES string of the molecule is Cn1c(=O)oc2cc(S(=O)(=O)N[C@@H](Cc3ccccc3)C(=O)N3CCN(c4ccccn4)CC3)ccc21. The van der Waals surface area contributed by atoms with E-state index in [1.165, 1.54) is 22.8 Å². The first-order valence-electron chi connectivity index (χ1n) is 11.9. The molecule has 1 saturated heterocycles. The van der Waals surface area contributed by atoms with Crippen LogP contribution < -0.4 is 15.4 Å². The van der Waals surface area contributed by atoms with Crippen molar-refractivity contribution < 1.29 is 17.6 Å². The molecule has 192 valence electrons. The second-order valence-corrected chi connectivity index (χ2v) is 10.6. The van der Waals surface area contributed by atoms with E-state index in [0.717, 1.165) is 11.4 Å². The van der Waals surface area contributed by atoms with Gasteiger partial charge in [0.25, 0.3) is 0 Å². The number of anilines is 1. The van der Waals surface area contributed by atoms with E-state index in [-0.39, 0.29) is 22.8 Å². The molecule has 1 aliphatic rings. The van der Waals surface area contributed by atoms with Gasteiger partial charge < -0.3 is 14.2 Å². The van der Waals surface area contributed by atoms with Gasteiger partial charge in [0.1, 0.15) is 11.9 Å². The number of aromatic nitrogens is 2. The van der Waals surface area contributed by atoms with Crippen molar-refractivity contribution in [1.29, 1.82) is 0 Å². The number of nitrogens with zero attached hydrogens (tertiary/aromatic N) is 4. The number of sulfonamides is 1. The molecule has 1 amide bonds. The maximum atomic E-state index is 13.6. The highest BCUT2D eigenvalue weighted by Crippen LogP contribution is 2.20. The van der Waals surface area contributed by atoms with E-state index >= 15 is 0 Å². The van der Waals surface area contributed by atoms with Gasteiger partial charge in [0.2, 0.25) is 15.9 Å². The van der Waals surface area contributed by atoms with Crippen molar-refractivity contribution in [3.8, 4) is 0 Å². The van der Waals surface area contributed by atoms with Crippen molar-refractivity contribution in [3.05, 3.63) is 89.0 Å². The van der Waals surface area contributed by atoms with Gasteiger partial charge in [0, 0.05) is 45.5 Å². The Kier molecular flexibility index (Phi) is 6.81. The van der Waals surface area contributed by atoms with Crippen molar-refractivity contribution >= 4 is 32.8 Å². The molecule has 1 aliphatic heterocycles. The fourth-order valence-electron chi connectivity index (χ4n) is 4.48. The predicted octanol–water partition coefficient (Wildman–Crippen LogP) is 1.76. The third-order valence-corrected chi connectivity index (χ3v) is 7.99. The van der Waals surface area contributed by atoms with E-state index in [9.17, 15) is 18.0 Å². The smallest absolute Gasteiger partial charge is 0.408 e. The molecule has 0 bridgehead atoms. The van der Waals surface area contributed by atoms with Gasteiger partial charge in [-0.15, -0.1) is 0 Å². The first kappa shape index (κ1) is 24.7. The molecule has 1 atom stereocenters. The number of amides is 1. The number of carbonyl (C=O) groups excluding carboxylic acids is 1. The second-order valence-electron chi connectivity index (χ2n) is 8.92. The van der Waals surface area contributed by atoms with Gasteiger partial charge in [-0.25, -0.2) is 18.2 Å². The lowest BCUT2D eigenvalue weighted by molar-refractivity contribution is -0.133. The lowest BCUT2D eigenvalue weighted by Crippen LogP contribution is -2.55. The highest BCUT2D eigenvalue weighted by Gasteiger charge is 2.32. The topological polar surface area (TPSA) is 118 Å². The number of carbonyl (C=O) groups is 1. The lowest BCUT2D eigenvalue weighted by atomic mass is 10.1. The molecule has 11 heteroatoms. The van der Waals surface area contributed by atoms with Crippen molar-refractivity contribution in [2.75, 3.05) is 31.1 Å². The van der Waals surface area contributed by atoms with E-state index < -0.39 is 21.8 Å². The molecule has 5 rings (SSSR count). The minimum Gasteiger partial charge on any atom is -0.408 e. The van der Waals surface area contributed by atoms with Crippen LogP contribution in [0.3, 0.4) is 0 Å². The zero-order valence-corrected chi connectivity index (χ0v) is 21.1. The van der Waals surface area contributed by atoms with Gasteiger partial charge >= 0.3 is 5.76 Å². The van der Waals surface area contributed by atoms with Crippen molar-refractivity contribution in [2.24, 2.45) is 7.05 Å². The summed E-state index contributed by atoms with van der Waals surface area (Å²) in [7, 11) is -2.56. The molecule has 37 heavy (non-hydrogen) atoms. The maximum Gasteiger partial charge on any atom is 0.419 e. The largest absolute Gasteiger partial charge is 0.419 e. The zero-order valence-electron chi connectivity index (χ0n) is 20.3. The third kappa shape index (κ3) is 5.27. The number of pyridine rings is 1. The Balaban J connectivity index is 1.37. The van der Waals surface area contributed by atoms with Gasteiger partial charge in [-0.2, -0.15) is 4.72 Å². The summed E-state index contributed by atoms with van der Waals surface area (Å²) >= 11 is 0. The van der Waals surface area contributed by atoms with E-state index in [2.05, 4.69) is 14.6 Å². The molecule has 0 unspecified atom stereocenters. The Morgan fingerprint density at radius 3 is 2.46 bits per heavy atom. The number of benzene rings is 2.